The van der Waals surface area contributed by atoms with Gasteiger partial charge in [-0.2, -0.15) is 5.26 Å². The van der Waals surface area contributed by atoms with Gasteiger partial charge in [0.05, 0.1) is 17.0 Å². The molecule has 1 N–H and O–H groups in total. The van der Waals surface area contributed by atoms with Gasteiger partial charge >= 0.3 is 5.97 Å². The van der Waals surface area contributed by atoms with Crippen LogP contribution < -0.4 is 10.9 Å². The molecule has 30 heavy (non-hydrogen) atoms. The van der Waals surface area contributed by atoms with Crippen LogP contribution in [-0.4, -0.2) is 21.4 Å². The Hall–Kier alpha value is -4.25. The van der Waals surface area contributed by atoms with Gasteiger partial charge in [0.2, 0.25) is 5.91 Å². The lowest BCUT2D eigenvalue weighted by Gasteiger charge is -2.12. The number of ether oxygens (including phenoxy) is 1. The highest BCUT2D eigenvalue weighted by Crippen LogP contribution is 2.11. The number of nitrogens with zero attached hydrogens (tertiary/aromatic N) is 3. The third-order valence-electron chi connectivity index (χ3n) is 4.14. The molecule has 8 heteroatoms. The van der Waals surface area contributed by atoms with Crippen LogP contribution in [-0.2, 0) is 27.5 Å². The standard InChI is InChI=1S/C22H18N4O4/c1-15(27)24-19(13-16-7-3-2-4-8-16)22(29)30-14-20-25-18-10-6-5-9-17(18)21(28)26(20)12-11-23/h2-10,13H,12,14H2,1H3,(H,24,27)/b19-13-. The van der Waals surface area contributed by atoms with E-state index in [1.807, 2.05) is 12.1 Å². The van der Waals surface area contributed by atoms with Crippen molar-refractivity contribution in [3.05, 3.63) is 82.0 Å². The van der Waals surface area contributed by atoms with Crippen LogP contribution in [0.5, 0.6) is 0 Å². The lowest BCUT2D eigenvalue weighted by Crippen LogP contribution is -2.28. The first kappa shape index (κ1) is 20.5. The fourth-order valence-corrected chi connectivity index (χ4v) is 2.82. The van der Waals surface area contributed by atoms with Crippen molar-refractivity contribution in [2.24, 2.45) is 0 Å². The fourth-order valence-electron chi connectivity index (χ4n) is 2.82. The number of hydrogen-bond donors (Lipinski definition) is 1. The molecule has 3 rings (SSSR count). The van der Waals surface area contributed by atoms with Crippen molar-refractivity contribution in [3.63, 3.8) is 0 Å². The van der Waals surface area contributed by atoms with Crippen molar-refractivity contribution in [1.29, 1.82) is 5.26 Å². The Morgan fingerprint density at radius 3 is 2.57 bits per heavy atom. The van der Waals surface area contributed by atoms with Crippen molar-refractivity contribution in [3.8, 4) is 6.07 Å². The van der Waals surface area contributed by atoms with E-state index in [4.69, 9.17) is 10.00 Å². The molecule has 2 aromatic carbocycles. The molecule has 0 spiro atoms. The highest BCUT2D eigenvalue weighted by Gasteiger charge is 2.16. The summed E-state index contributed by atoms with van der Waals surface area (Å²) in [5, 5.41) is 11.9. The Morgan fingerprint density at radius 2 is 1.87 bits per heavy atom. The Labute approximate surface area is 172 Å². The molecular formula is C22H18N4O4. The van der Waals surface area contributed by atoms with Gasteiger partial charge in [0.1, 0.15) is 18.8 Å². The second-order valence-electron chi connectivity index (χ2n) is 6.32. The number of benzene rings is 2. The lowest BCUT2D eigenvalue weighted by atomic mass is 10.2. The van der Waals surface area contributed by atoms with E-state index in [2.05, 4.69) is 10.3 Å². The third-order valence-corrected chi connectivity index (χ3v) is 4.14. The number of aromatic nitrogens is 2. The van der Waals surface area contributed by atoms with E-state index >= 15 is 0 Å². The first-order chi connectivity index (χ1) is 14.5. The quantitative estimate of drug-likeness (QED) is 0.499. The summed E-state index contributed by atoms with van der Waals surface area (Å²) in [4.78, 5) is 41.1. The molecule has 0 atom stereocenters. The molecule has 0 unspecified atom stereocenters. The van der Waals surface area contributed by atoms with E-state index in [0.717, 1.165) is 4.57 Å². The number of para-hydroxylation sites is 1. The van der Waals surface area contributed by atoms with Gasteiger partial charge in [0.15, 0.2) is 5.82 Å². The van der Waals surface area contributed by atoms with Crippen molar-refractivity contribution in [1.82, 2.24) is 14.9 Å². The first-order valence-corrected chi connectivity index (χ1v) is 9.06. The molecule has 0 aliphatic rings. The summed E-state index contributed by atoms with van der Waals surface area (Å²) in [7, 11) is 0. The van der Waals surface area contributed by atoms with Gasteiger partial charge in [0, 0.05) is 6.92 Å². The van der Waals surface area contributed by atoms with Crippen molar-refractivity contribution in [2.45, 2.75) is 20.1 Å². The Kier molecular flexibility index (Phi) is 6.35. The van der Waals surface area contributed by atoms with E-state index in [1.54, 1.807) is 48.5 Å². The third kappa shape index (κ3) is 4.77. The molecule has 1 heterocycles. The van der Waals surface area contributed by atoms with Crippen LogP contribution in [0.4, 0.5) is 0 Å². The van der Waals surface area contributed by atoms with Crippen LogP contribution >= 0.6 is 0 Å². The molecule has 150 valence electrons. The van der Waals surface area contributed by atoms with Crippen molar-refractivity contribution < 1.29 is 14.3 Å². The van der Waals surface area contributed by atoms with Crippen LogP contribution in [0.2, 0.25) is 0 Å². The van der Waals surface area contributed by atoms with Crippen LogP contribution in [0.3, 0.4) is 0 Å². The van der Waals surface area contributed by atoms with Gasteiger partial charge < -0.3 is 10.1 Å². The van der Waals surface area contributed by atoms with Gasteiger partial charge in [-0.05, 0) is 23.8 Å². The minimum Gasteiger partial charge on any atom is -0.453 e. The highest BCUT2D eigenvalue weighted by molar-refractivity contribution is 5.97. The highest BCUT2D eigenvalue weighted by atomic mass is 16.5. The van der Waals surface area contributed by atoms with Gasteiger partial charge in [-0.25, -0.2) is 9.78 Å². The Bertz CT molecular complexity index is 1220. The number of rotatable bonds is 6. The van der Waals surface area contributed by atoms with Crippen LogP contribution in [0.15, 0.2) is 65.1 Å². The molecular weight excluding hydrogens is 384 g/mol. The number of carbonyl (C=O) groups is 2. The Morgan fingerprint density at radius 1 is 1.17 bits per heavy atom. The number of carbonyl (C=O) groups excluding carboxylic acids is 2. The Balaban J connectivity index is 1.90. The second-order valence-corrected chi connectivity index (χ2v) is 6.32. The van der Waals surface area contributed by atoms with E-state index < -0.39 is 17.4 Å². The van der Waals surface area contributed by atoms with Gasteiger partial charge in [-0.1, -0.05) is 42.5 Å². The summed E-state index contributed by atoms with van der Waals surface area (Å²) in [6, 6.07) is 17.6. The molecule has 0 saturated carbocycles. The summed E-state index contributed by atoms with van der Waals surface area (Å²) < 4.78 is 6.46. The number of nitrogens with one attached hydrogen (secondary N) is 1. The summed E-state index contributed by atoms with van der Waals surface area (Å²) in [6.07, 6.45) is 1.49. The van der Waals surface area contributed by atoms with Crippen LogP contribution in [0.25, 0.3) is 17.0 Å². The summed E-state index contributed by atoms with van der Waals surface area (Å²) in [5.41, 5.74) is 0.687. The van der Waals surface area contributed by atoms with E-state index in [9.17, 15) is 14.4 Å². The second kappa shape index (κ2) is 9.30. The molecule has 1 amide bonds. The predicted octanol–water partition coefficient (Wildman–Crippen LogP) is 2.14. The molecule has 3 aromatic rings. The fraction of sp³-hybridized carbons (Fsp3) is 0.136. The SMILES string of the molecule is CC(=O)N/C(=C\c1ccccc1)C(=O)OCc1nc2ccccc2c(=O)n1CC#N. The number of esters is 1. The largest absolute Gasteiger partial charge is 0.453 e. The average molecular weight is 402 g/mol. The van der Waals surface area contributed by atoms with Gasteiger partial charge in [-0.15, -0.1) is 0 Å². The molecule has 1 aromatic heterocycles. The van der Waals surface area contributed by atoms with E-state index in [-0.39, 0.29) is 24.7 Å². The first-order valence-electron chi connectivity index (χ1n) is 9.06. The molecule has 0 aliphatic carbocycles. The zero-order valence-corrected chi connectivity index (χ0v) is 16.2. The lowest BCUT2D eigenvalue weighted by molar-refractivity contribution is -0.141. The van der Waals surface area contributed by atoms with Crippen LogP contribution in [0.1, 0.15) is 18.3 Å². The average Bonchev–Trinajstić information content (AvgIpc) is 2.74. The minimum atomic E-state index is -0.792. The topological polar surface area (TPSA) is 114 Å². The zero-order chi connectivity index (χ0) is 21.5. The maximum absolute atomic E-state index is 12.7. The normalized spacial score (nSPS) is 11.0. The van der Waals surface area contributed by atoms with Crippen LogP contribution in [0, 0.1) is 11.3 Å². The number of amides is 1. The monoisotopic (exact) mass is 402 g/mol. The summed E-state index contributed by atoms with van der Waals surface area (Å²) >= 11 is 0. The maximum atomic E-state index is 12.7. The maximum Gasteiger partial charge on any atom is 0.355 e. The van der Waals surface area contributed by atoms with E-state index in [1.165, 1.54) is 13.0 Å². The smallest absolute Gasteiger partial charge is 0.355 e. The van der Waals surface area contributed by atoms with Gasteiger partial charge in [0.25, 0.3) is 5.56 Å². The molecule has 0 bridgehead atoms. The molecule has 0 aliphatic heterocycles. The number of fused-ring (bicyclic) bond motifs is 1. The summed E-state index contributed by atoms with van der Waals surface area (Å²) in [6.45, 7) is 0.704. The molecule has 8 nitrogen and oxygen atoms in total. The minimum absolute atomic E-state index is 0.0522. The van der Waals surface area contributed by atoms with Crippen molar-refractivity contribution >= 4 is 28.9 Å². The molecule has 0 radical (unpaired) electrons. The molecule has 0 fully saturated rings. The van der Waals surface area contributed by atoms with E-state index in [0.29, 0.717) is 16.5 Å². The molecule has 0 saturated heterocycles. The number of nitriles is 1. The number of hydrogen-bond acceptors (Lipinski definition) is 6. The van der Waals surface area contributed by atoms with Crippen molar-refractivity contribution in [2.75, 3.05) is 0 Å². The predicted molar refractivity (Wildman–Crippen MR) is 110 cm³/mol. The van der Waals surface area contributed by atoms with Gasteiger partial charge in [-0.3, -0.25) is 14.2 Å². The zero-order valence-electron chi connectivity index (χ0n) is 16.2. The summed E-state index contributed by atoms with van der Waals surface area (Å²) in [5.74, 6) is -1.09.